The molecule has 0 bridgehead atoms. The number of ether oxygens (including phenoxy) is 2. The molecule has 0 aliphatic carbocycles. The van der Waals surface area contributed by atoms with Crippen LogP contribution >= 0.6 is 0 Å². The Balaban J connectivity index is 1.71. The molecule has 1 saturated heterocycles. The lowest BCUT2D eigenvalue weighted by Crippen LogP contribution is -2.42. The summed E-state index contributed by atoms with van der Waals surface area (Å²) in [6.07, 6.45) is 4.94. The number of benzene rings is 1. The van der Waals surface area contributed by atoms with Gasteiger partial charge in [0.15, 0.2) is 21.3 Å². The Bertz CT molecular complexity index is 608. The third-order valence-electron chi connectivity index (χ3n) is 3.97. The van der Waals surface area contributed by atoms with Crippen molar-refractivity contribution in [3.63, 3.8) is 0 Å². The van der Waals surface area contributed by atoms with Crippen LogP contribution in [0.5, 0.6) is 11.5 Å². The first-order chi connectivity index (χ1) is 10.0. The maximum Gasteiger partial charge on any atom is 0.175 e. The van der Waals surface area contributed by atoms with Crippen LogP contribution < -0.4 is 9.47 Å². The zero-order valence-corrected chi connectivity index (χ0v) is 13.1. The maximum absolute atomic E-state index is 11.6. The Morgan fingerprint density at radius 3 is 2.67 bits per heavy atom. The van der Waals surface area contributed by atoms with Gasteiger partial charge in [-0.25, -0.2) is 8.42 Å². The molecule has 1 fully saturated rings. The lowest BCUT2D eigenvalue weighted by molar-refractivity contribution is 0.0530. The van der Waals surface area contributed by atoms with Gasteiger partial charge in [-0.05, 0) is 38.1 Å². The van der Waals surface area contributed by atoms with Crippen molar-refractivity contribution in [2.24, 2.45) is 0 Å². The van der Waals surface area contributed by atoms with E-state index >= 15 is 0 Å². The molecule has 0 unspecified atom stereocenters. The van der Waals surface area contributed by atoms with Crippen molar-refractivity contribution >= 4 is 9.84 Å². The molecule has 3 rings (SSSR count). The average molecular weight is 311 g/mol. The number of likely N-dealkylation sites (tertiary alicyclic amines) is 1. The predicted octanol–water partition coefficient (Wildman–Crippen LogP) is 1.72. The molecule has 2 aliphatic heterocycles. The summed E-state index contributed by atoms with van der Waals surface area (Å²) >= 11 is 0. The second-order valence-electron chi connectivity index (χ2n) is 5.79. The predicted molar refractivity (Wildman–Crippen MR) is 79.8 cm³/mol. The van der Waals surface area contributed by atoms with E-state index in [0.29, 0.717) is 18.1 Å². The van der Waals surface area contributed by atoms with Gasteiger partial charge in [0.2, 0.25) is 0 Å². The Labute approximate surface area is 125 Å². The molecule has 1 aromatic carbocycles. The van der Waals surface area contributed by atoms with E-state index in [0.717, 1.165) is 19.6 Å². The zero-order chi connectivity index (χ0) is 14.9. The third kappa shape index (κ3) is 3.49. The van der Waals surface area contributed by atoms with E-state index in [9.17, 15) is 8.42 Å². The minimum Gasteiger partial charge on any atom is -0.486 e. The molecule has 116 valence electrons. The van der Waals surface area contributed by atoms with E-state index in [2.05, 4.69) is 4.90 Å². The molecular weight excluding hydrogens is 290 g/mol. The van der Waals surface area contributed by atoms with Crippen molar-refractivity contribution in [1.82, 2.24) is 4.90 Å². The van der Waals surface area contributed by atoms with Crippen LogP contribution in [-0.2, 0) is 9.84 Å². The minimum absolute atomic E-state index is 0.0367. The van der Waals surface area contributed by atoms with E-state index in [1.54, 1.807) is 18.2 Å². The van der Waals surface area contributed by atoms with Gasteiger partial charge in [0.25, 0.3) is 0 Å². The average Bonchev–Trinajstić information content (AvgIpc) is 2.46. The van der Waals surface area contributed by atoms with Crippen LogP contribution in [0, 0.1) is 0 Å². The lowest BCUT2D eigenvalue weighted by atomic mass is 10.1. The SMILES string of the molecule is CS(=O)(=O)c1ccc2c(c1)O[C@@H](CN1CCCCC1)CO2. The fourth-order valence-corrected chi connectivity index (χ4v) is 3.48. The molecule has 0 aromatic heterocycles. The number of nitrogens with zero attached hydrogens (tertiary/aromatic N) is 1. The minimum atomic E-state index is -3.23. The molecule has 2 heterocycles. The molecule has 21 heavy (non-hydrogen) atoms. The zero-order valence-electron chi connectivity index (χ0n) is 12.2. The second-order valence-corrected chi connectivity index (χ2v) is 7.81. The summed E-state index contributed by atoms with van der Waals surface area (Å²) in [5.74, 6) is 1.16. The van der Waals surface area contributed by atoms with E-state index in [-0.39, 0.29) is 11.0 Å². The molecule has 5 nitrogen and oxygen atoms in total. The molecule has 1 aromatic rings. The van der Waals surface area contributed by atoms with Gasteiger partial charge < -0.3 is 9.47 Å². The van der Waals surface area contributed by atoms with Crippen molar-refractivity contribution < 1.29 is 17.9 Å². The van der Waals surface area contributed by atoms with Gasteiger partial charge in [0, 0.05) is 18.9 Å². The molecule has 0 amide bonds. The summed E-state index contributed by atoms with van der Waals surface area (Å²) < 4.78 is 34.9. The Kier molecular flexibility index (Phi) is 4.08. The van der Waals surface area contributed by atoms with Crippen LogP contribution in [0.3, 0.4) is 0 Å². The normalized spacial score (nSPS) is 23.0. The van der Waals surface area contributed by atoms with E-state index in [1.807, 2.05) is 0 Å². The van der Waals surface area contributed by atoms with Crippen LogP contribution in [0.2, 0.25) is 0 Å². The van der Waals surface area contributed by atoms with Crippen LogP contribution in [0.1, 0.15) is 19.3 Å². The number of hydrogen-bond donors (Lipinski definition) is 0. The van der Waals surface area contributed by atoms with Gasteiger partial charge in [-0.3, -0.25) is 4.90 Å². The summed E-state index contributed by atoms with van der Waals surface area (Å²) in [5, 5.41) is 0. The van der Waals surface area contributed by atoms with Crippen LogP contribution in [0.25, 0.3) is 0 Å². The van der Waals surface area contributed by atoms with Crippen molar-refractivity contribution in [3.8, 4) is 11.5 Å². The Morgan fingerprint density at radius 2 is 1.95 bits per heavy atom. The fraction of sp³-hybridized carbons (Fsp3) is 0.600. The second kappa shape index (κ2) is 5.85. The van der Waals surface area contributed by atoms with E-state index in [1.165, 1.54) is 25.5 Å². The summed E-state index contributed by atoms with van der Waals surface area (Å²) in [6, 6.07) is 4.79. The lowest BCUT2D eigenvalue weighted by Gasteiger charge is -2.33. The number of sulfone groups is 1. The van der Waals surface area contributed by atoms with Gasteiger partial charge in [-0.1, -0.05) is 6.42 Å². The smallest absolute Gasteiger partial charge is 0.175 e. The van der Waals surface area contributed by atoms with E-state index < -0.39 is 9.84 Å². The largest absolute Gasteiger partial charge is 0.486 e. The molecular formula is C15H21NO4S. The molecule has 0 N–H and O–H groups in total. The van der Waals surface area contributed by atoms with Crippen molar-refractivity contribution in [1.29, 1.82) is 0 Å². The van der Waals surface area contributed by atoms with Crippen LogP contribution in [0.4, 0.5) is 0 Å². The highest BCUT2D eigenvalue weighted by molar-refractivity contribution is 7.90. The molecule has 1 atom stereocenters. The summed E-state index contributed by atoms with van der Waals surface area (Å²) in [6.45, 7) is 3.57. The van der Waals surface area contributed by atoms with Gasteiger partial charge in [0.1, 0.15) is 12.7 Å². The third-order valence-corrected chi connectivity index (χ3v) is 5.08. The first-order valence-electron chi connectivity index (χ1n) is 7.38. The summed E-state index contributed by atoms with van der Waals surface area (Å²) in [4.78, 5) is 2.66. The van der Waals surface area contributed by atoms with Crippen molar-refractivity contribution in [2.45, 2.75) is 30.3 Å². The maximum atomic E-state index is 11.6. The molecule has 0 saturated carbocycles. The first kappa shape index (κ1) is 14.7. The van der Waals surface area contributed by atoms with E-state index in [4.69, 9.17) is 9.47 Å². The molecule has 0 spiro atoms. The molecule has 2 aliphatic rings. The van der Waals surface area contributed by atoms with Crippen LogP contribution in [-0.4, -0.2) is 51.9 Å². The quantitative estimate of drug-likeness (QED) is 0.851. The van der Waals surface area contributed by atoms with Gasteiger partial charge in [-0.2, -0.15) is 0 Å². The molecule has 0 radical (unpaired) electrons. The molecule has 6 heteroatoms. The van der Waals surface area contributed by atoms with Gasteiger partial charge in [0.05, 0.1) is 4.90 Å². The standard InChI is InChI=1S/C15H21NO4S/c1-21(17,18)13-5-6-14-15(9-13)20-12(11-19-14)10-16-7-3-2-4-8-16/h5-6,9,12H,2-4,7-8,10-11H2,1H3/t12-/m0/s1. The number of hydrogen-bond acceptors (Lipinski definition) is 5. The summed E-state index contributed by atoms with van der Waals surface area (Å²) in [7, 11) is -3.23. The van der Waals surface area contributed by atoms with Gasteiger partial charge >= 0.3 is 0 Å². The number of rotatable bonds is 3. The van der Waals surface area contributed by atoms with Crippen molar-refractivity contribution in [2.75, 3.05) is 32.5 Å². The number of fused-ring (bicyclic) bond motifs is 1. The van der Waals surface area contributed by atoms with Crippen LogP contribution in [0.15, 0.2) is 23.1 Å². The Morgan fingerprint density at radius 1 is 1.19 bits per heavy atom. The first-order valence-corrected chi connectivity index (χ1v) is 9.27. The number of piperidine rings is 1. The summed E-state index contributed by atoms with van der Waals surface area (Å²) in [5.41, 5.74) is 0. The van der Waals surface area contributed by atoms with Crippen molar-refractivity contribution in [3.05, 3.63) is 18.2 Å². The highest BCUT2D eigenvalue weighted by Gasteiger charge is 2.25. The fourth-order valence-electron chi connectivity index (χ4n) is 2.85. The van der Waals surface area contributed by atoms with Gasteiger partial charge in [-0.15, -0.1) is 0 Å². The highest BCUT2D eigenvalue weighted by Crippen LogP contribution is 2.34. The Hall–Kier alpha value is -1.27. The monoisotopic (exact) mass is 311 g/mol. The highest BCUT2D eigenvalue weighted by atomic mass is 32.2. The topological polar surface area (TPSA) is 55.8 Å².